The number of rotatable bonds is 9. The zero-order valence-electron chi connectivity index (χ0n) is 18.4. The number of pyridine rings is 1. The van der Waals surface area contributed by atoms with Gasteiger partial charge >= 0.3 is 11.9 Å². The van der Waals surface area contributed by atoms with E-state index in [2.05, 4.69) is 5.32 Å². The SMILES string of the molecule is Cc1cn2ccccc2c1NC(C(=O)OCCc1ccccc1)C(=O)OCc1ccccc1. The van der Waals surface area contributed by atoms with Crippen LogP contribution < -0.4 is 5.32 Å². The Morgan fingerprint density at radius 3 is 2.21 bits per heavy atom. The molecule has 6 heteroatoms. The second-order valence-corrected chi connectivity index (χ2v) is 7.75. The van der Waals surface area contributed by atoms with Gasteiger partial charge in [-0.05, 0) is 35.7 Å². The number of nitrogens with zero attached hydrogens (tertiary/aromatic N) is 1. The summed E-state index contributed by atoms with van der Waals surface area (Å²) in [4.78, 5) is 25.9. The Labute approximate surface area is 192 Å². The number of carbonyl (C=O) groups excluding carboxylic acids is 2. The number of aromatic nitrogens is 1. The topological polar surface area (TPSA) is 69.0 Å². The molecule has 0 bridgehead atoms. The van der Waals surface area contributed by atoms with Crippen LogP contribution in [0.25, 0.3) is 5.52 Å². The molecule has 0 aliphatic rings. The van der Waals surface area contributed by atoms with E-state index in [9.17, 15) is 9.59 Å². The molecule has 0 saturated heterocycles. The molecule has 1 atom stereocenters. The third-order valence-electron chi connectivity index (χ3n) is 5.34. The molecule has 0 fully saturated rings. The molecule has 33 heavy (non-hydrogen) atoms. The van der Waals surface area contributed by atoms with E-state index in [1.165, 1.54) is 0 Å². The molecular weight excluding hydrogens is 416 g/mol. The molecule has 0 aliphatic carbocycles. The van der Waals surface area contributed by atoms with E-state index in [1.807, 2.05) is 103 Å². The number of esters is 2. The van der Waals surface area contributed by atoms with Gasteiger partial charge in [0.25, 0.3) is 0 Å². The lowest BCUT2D eigenvalue weighted by atomic mass is 10.2. The third kappa shape index (κ3) is 5.60. The molecule has 2 aromatic heterocycles. The molecule has 1 unspecified atom stereocenters. The minimum Gasteiger partial charge on any atom is -0.463 e. The average molecular weight is 443 g/mol. The second-order valence-electron chi connectivity index (χ2n) is 7.75. The Kier molecular flexibility index (Phi) is 7.05. The Morgan fingerprint density at radius 1 is 0.848 bits per heavy atom. The predicted octanol–water partition coefficient (Wildman–Crippen LogP) is 4.56. The van der Waals surface area contributed by atoms with E-state index < -0.39 is 18.0 Å². The van der Waals surface area contributed by atoms with Gasteiger partial charge in [-0.15, -0.1) is 0 Å². The first-order valence-corrected chi connectivity index (χ1v) is 10.9. The highest BCUT2D eigenvalue weighted by Gasteiger charge is 2.31. The molecule has 6 nitrogen and oxygen atoms in total. The van der Waals surface area contributed by atoms with Gasteiger partial charge in [0.05, 0.1) is 17.8 Å². The Hall–Kier alpha value is -4.06. The van der Waals surface area contributed by atoms with Crippen molar-refractivity contribution in [2.75, 3.05) is 11.9 Å². The lowest BCUT2D eigenvalue weighted by Crippen LogP contribution is -2.40. The van der Waals surface area contributed by atoms with E-state index in [-0.39, 0.29) is 13.2 Å². The molecule has 2 heterocycles. The van der Waals surface area contributed by atoms with Gasteiger partial charge in [0.15, 0.2) is 0 Å². The van der Waals surface area contributed by atoms with Crippen LogP contribution in [0.1, 0.15) is 16.7 Å². The first-order valence-electron chi connectivity index (χ1n) is 10.9. The fourth-order valence-corrected chi connectivity index (χ4v) is 3.61. The minimum absolute atomic E-state index is 0.0740. The number of nitrogens with one attached hydrogen (secondary N) is 1. The van der Waals surface area contributed by atoms with E-state index in [4.69, 9.17) is 9.47 Å². The number of benzene rings is 2. The van der Waals surface area contributed by atoms with Gasteiger partial charge in [0.1, 0.15) is 6.61 Å². The zero-order valence-corrected chi connectivity index (χ0v) is 18.4. The fourth-order valence-electron chi connectivity index (χ4n) is 3.61. The summed E-state index contributed by atoms with van der Waals surface area (Å²) in [7, 11) is 0. The van der Waals surface area contributed by atoms with Crippen LogP contribution in [0.2, 0.25) is 0 Å². The maximum absolute atomic E-state index is 13.0. The van der Waals surface area contributed by atoms with Gasteiger partial charge in [-0.2, -0.15) is 0 Å². The van der Waals surface area contributed by atoms with Crippen LogP contribution in [0.3, 0.4) is 0 Å². The Balaban J connectivity index is 1.49. The smallest absolute Gasteiger partial charge is 0.340 e. The number of fused-ring (bicyclic) bond motifs is 1. The lowest BCUT2D eigenvalue weighted by Gasteiger charge is -2.18. The molecule has 0 radical (unpaired) electrons. The number of ether oxygens (including phenoxy) is 2. The molecule has 0 saturated carbocycles. The molecular formula is C27H26N2O4. The first-order chi connectivity index (χ1) is 16.1. The summed E-state index contributed by atoms with van der Waals surface area (Å²) in [6.45, 7) is 2.16. The van der Waals surface area contributed by atoms with Gasteiger partial charge in [0.2, 0.25) is 6.04 Å². The normalized spacial score (nSPS) is 11.7. The van der Waals surface area contributed by atoms with Crippen LogP contribution in [0, 0.1) is 6.92 Å². The summed E-state index contributed by atoms with van der Waals surface area (Å²) in [5, 5.41) is 3.08. The van der Waals surface area contributed by atoms with Crippen molar-refractivity contribution in [1.29, 1.82) is 0 Å². The number of hydrogen-bond donors (Lipinski definition) is 1. The van der Waals surface area contributed by atoms with Crippen molar-refractivity contribution in [2.45, 2.75) is 26.0 Å². The van der Waals surface area contributed by atoms with Gasteiger partial charge < -0.3 is 19.2 Å². The highest BCUT2D eigenvalue weighted by atomic mass is 16.6. The monoisotopic (exact) mass is 442 g/mol. The van der Waals surface area contributed by atoms with E-state index in [0.717, 1.165) is 22.2 Å². The molecule has 0 amide bonds. The fraction of sp³-hybridized carbons (Fsp3) is 0.185. The molecule has 4 rings (SSSR count). The maximum atomic E-state index is 13.0. The molecule has 0 spiro atoms. The summed E-state index contributed by atoms with van der Waals surface area (Å²) in [5.41, 5.74) is 4.34. The lowest BCUT2D eigenvalue weighted by molar-refractivity contribution is -0.156. The summed E-state index contributed by atoms with van der Waals surface area (Å²) in [6, 6.07) is 23.5. The molecule has 2 aromatic carbocycles. The van der Waals surface area contributed by atoms with Crippen molar-refractivity contribution >= 4 is 23.1 Å². The predicted molar refractivity (Wildman–Crippen MR) is 127 cm³/mol. The van der Waals surface area contributed by atoms with Crippen molar-refractivity contribution in [3.63, 3.8) is 0 Å². The zero-order chi connectivity index (χ0) is 23.0. The Bertz CT molecular complexity index is 1220. The maximum Gasteiger partial charge on any atom is 0.340 e. The van der Waals surface area contributed by atoms with Crippen LogP contribution >= 0.6 is 0 Å². The third-order valence-corrected chi connectivity index (χ3v) is 5.34. The van der Waals surface area contributed by atoms with Crippen molar-refractivity contribution in [3.8, 4) is 0 Å². The van der Waals surface area contributed by atoms with Crippen molar-refractivity contribution in [3.05, 3.63) is 108 Å². The summed E-state index contributed by atoms with van der Waals surface area (Å²) >= 11 is 0. The van der Waals surface area contributed by atoms with Gasteiger partial charge in [-0.3, -0.25) is 0 Å². The number of hydrogen-bond acceptors (Lipinski definition) is 5. The minimum atomic E-state index is -1.28. The summed E-state index contributed by atoms with van der Waals surface area (Å²) in [5.74, 6) is -1.35. The molecule has 168 valence electrons. The van der Waals surface area contributed by atoms with Crippen molar-refractivity contribution in [2.24, 2.45) is 0 Å². The van der Waals surface area contributed by atoms with E-state index in [0.29, 0.717) is 12.1 Å². The van der Waals surface area contributed by atoms with Crippen LogP contribution in [-0.2, 0) is 32.1 Å². The average Bonchev–Trinajstić information content (AvgIpc) is 3.17. The van der Waals surface area contributed by atoms with E-state index in [1.54, 1.807) is 0 Å². The standard InChI is InChI=1S/C27H26N2O4/c1-20-18-29-16-9-8-14-23(29)24(20)28-25(27(31)33-19-22-12-6-3-7-13-22)26(30)32-17-15-21-10-4-2-5-11-21/h2-14,16,18,25,28H,15,17,19H2,1H3. The summed E-state index contributed by atoms with van der Waals surface area (Å²) in [6.07, 6.45) is 4.41. The quantitative estimate of drug-likeness (QED) is 0.304. The second kappa shape index (κ2) is 10.5. The summed E-state index contributed by atoms with van der Waals surface area (Å²) < 4.78 is 12.9. The van der Waals surface area contributed by atoms with Gasteiger partial charge in [0, 0.05) is 18.8 Å². The first kappa shape index (κ1) is 22.1. The van der Waals surface area contributed by atoms with Gasteiger partial charge in [-0.25, -0.2) is 9.59 Å². The molecule has 1 N–H and O–H groups in total. The highest BCUT2D eigenvalue weighted by molar-refractivity contribution is 6.03. The largest absolute Gasteiger partial charge is 0.463 e. The van der Waals surface area contributed by atoms with Crippen molar-refractivity contribution < 1.29 is 19.1 Å². The molecule has 4 aromatic rings. The van der Waals surface area contributed by atoms with E-state index >= 15 is 0 Å². The number of aryl methyl sites for hydroxylation is 1. The van der Waals surface area contributed by atoms with Crippen LogP contribution in [0.4, 0.5) is 5.69 Å². The molecule has 0 aliphatic heterocycles. The van der Waals surface area contributed by atoms with Gasteiger partial charge in [-0.1, -0.05) is 66.7 Å². The Morgan fingerprint density at radius 2 is 1.48 bits per heavy atom. The van der Waals surface area contributed by atoms with Crippen LogP contribution in [0.5, 0.6) is 0 Å². The number of anilines is 1. The van der Waals surface area contributed by atoms with Crippen LogP contribution in [0.15, 0.2) is 91.3 Å². The van der Waals surface area contributed by atoms with Crippen molar-refractivity contribution in [1.82, 2.24) is 4.40 Å². The highest BCUT2D eigenvalue weighted by Crippen LogP contribution is 2.25. The van der Waals surface area contributed by atoms with Crippen LogP contribution in [-0.4, -0.2) is 29.0 Å². The number of carbonyl (C=O) groups is 2.